The molecule has 0 aliphatic carbocycles. The molecule has 1 aromatic carbocycles. The third kappa shape index (κ3) is 3.89. The van der Waals surface area contributed by atoms with E-state index in [2.05, 4.69) is 9.80 Å². The average Bonchev–Trinajstić information content (AvgIpc) is 3.17. The van der Waals surface area contributed by atoms with E-state index in [0.29, 0.717) is 6.10 Å². The van der Waals surface area contributed by atoms with Crippen LogP contribution in [0.1, 0.15) is 25.7 Å². The fourth-order valence-electron chi connectivity index (χ4n) is 4.39. The lowest BCUT2D eigenvalue weighted by molar-refractivity contribution is -0.126. The average molecular weight is 343 g/mol. The number of carbonyl (C=O) groups is 1. The van der Waals surface area contributed by atoms with Crippen molar-refractivity contribution in [2.24, 2.45) is 0 Å². The van der Waals surface area contributed by atoms with Gasteiger partial charge < -0.3 is 9.64 Å². The Morgan fingerprint density at radius 3 is 2.48 bits per heavy atom. The second-order valence-electron chi connectivity index (χ2n) is 7.46. The first-order valence-corrected chi connectivity index (χ1v) is 9.76. The molecule has 0 spiro atoms. The maximum absolute atomic E-state index is 13.0. The van der Waals surface area contributed by atoms with Gasteiger partial charge in [0, 0.05) is 51.6 Å². The molecule has 0 aromatic heterocycles. The summed E-state index contributed by atoms with van der Waals surface area (Å²) in [6.07, 6.45) is 4.91. The number of hydrogen-bond acceptors (Lipinski definition) is 4. The molecule has 1 aromatic rings. The maximum Gasteiger partial charge on any atom is 0.244 e. The van der Waals surface area contributed by atoms with Gasteiger partial charge >= 0.3 is 0 Å². The predicted octanol–water partition coefficient (Wildman–Crippen LogP) is 1.98. The highest BCUT2D eigenvalue weighted by Crippen LogP contribution is 2.24. The van der Waals surface area contributed by atoms with Crippen LogP contribution >= 0.6 is 0 Å². The van der Waals surface area contributed by atoms with Crippen molar-refractivity contribution in [3.63, 3.8) is 0 Å². The lowest BCUT2D eigenvalue weighted by atomic mass is 10.0. The topological polar surface area (TPSA) is 36.0 Å². The summed E-state index contributed by atoms with van der Waals surface area (Å²) in [7, 11) is 0. The van der Waals surface area contributed by atoms with Crippen LogP contribution in [0.15, 0.2) is 30.3 Å². The van der Waals surface area contributed by atoms with Crippen LogP contribution in [0.25, 0.3) is 0 Å². The number of benzene rings is 1. The largest absolute Gasteiger partial charge is 0.377 e. The zero-order valence-electron chi connectivity index (χ0n) is 15.0. The van der Waals surface area contributed by atoms with E-state index >= 15 is 0 Å². The van der Waals surface area contributed by atoms with Gasteiger partial charge in [-0.25, -0.2) is 0 Å². The zero-order chi connectivity index (χ0) is 17.1. The summed E-state index contributed by atoms with van der Waals surface area (Å²) in [6, 6.07) is 10.2. The highest BCUT2D eigenvalue weighted by atomic mass is 16.5. The summed E-state index contributed by atoms with van der Waals surface area (Å²) < 4.78 is 5.76. The smallest absolute Gasteiger partial charge is 0.244 e. The van der Waals surface area contributed by atoms with Crippen molar-refractivity contribution < 1.29 is 9.53 Å². The number of piperazine rings is 1. The Kier molecular flexibility index (Phi) is 5.34. The summed E-state index contributed by atoms with van der Waals surface area (Å²) in [5.74, 6) is 0.282. The van der Waals surface area contributed by atoms with Crippen molar-refractivity contribution in [2.45, 2.75) is 37.8 Å². The fourth-order valence-corrected chi connectivity index (χ4v) is 4.39. The molecular formula is C20H29N3O2. The Balaban J connectivity index is 1.33. The summed E-state index contributed by atoms with van der Waals surface area (Å²) in [5.41, 5.74) is 1.04. The van der Waals surface area contributed by atoms with Crippen LogP contribution in [0.2, 0.25) is 0 Å². The van der Waals surface area contributed by atoms with E-state index in [-0.39, 0.29) is 11.9 Å². The molecule has 3 aliphatic rings. The van der Waals surface area contributed by atoms with Gasteiger partial charge in [0.25, 0.3) is 0 Å². The molecule has 2 atom stereocenters. The van der Waals surface area contributed by atoms with Crippen LogP contribution in [-0.4, -0.2) is 73.7 Å². The Hall–Kier alpha value is -1.43. The van der Waals surface area contributed by atoms with Crippen molar-refractivity contribution in [3.8, 4) is 0 Å². The molecule has 4 rings (SSSR count). The fraction of sp³-hybridized carbons (Fsp3) is 0.650. The van der Waals surface area contributed by atoms with E-state index in [0.717, 1.165) is 64.4 Å². The Bertz CT molecular complexity index is 566. The van der Waals surface area contributed by atoms with E-state index in [4.69, 9.17) is 4.74 Å². The van der Waals surface area contributed by atoms with E-state index in [9.17, 15) is 4.79 Å². The summed E-state index contributed by atoms with van der Waals surface area (Å²) in [5, 5.41) is 0. The number of anilines is 1. The lowest BCUT2D eigenvalue weighted by Gasteiger charge is -2.42. The molecule has 0 radical (unpaired) electrons. The molecule has 3 aliphatic heterocycles. The van der Waals surface area contributed by atoms with Crippen LogP contribution in [0, 0.1) is 0 Å². The quantitative estimate of drug-likeness (QED) is 0.838. The third-order valence-electron chi connectivity index (χ3n) is 5.81. The number of rotatable bonds is 4. The van der Waals surface area contributed by atoms with Crippen LogP contribution in [-0.2, 0) is 9.53 Å². The highest BCUT2D eigenvalue weighted by molar-refractivity contribution is 5.97. The number of para-hydroxylation sites is 1. The van der Waals surface area contributed by atoms with Gasteiger partial charge in [0.2, 0.25) is 5.91 Å². The van der Waals surface area contributed by atoms with Gasteiger partial charge in [-0.3, -0.25) is 14.6 Å². The first kappa shape index (κ1) is 17.0. The first-order valence-electron chi connectivity index (χ1n) is 9.76. The molecule has 5 heteroatoms. The standard InChI is InChI=1S/C20H29N3O2/c24-20-19(9-4-10-23(20)17-6-2-1-3-7-17)22-13-11-21(12-14-22)16-18-8-5-15-25-18/h1-3,6-7,18-19H,4-5,8-16H2/t18-,19-/m1/s1. The molecule has 25 heavy (non-hydrogen) atoms. The zero-order valence-corrected chi connectivity index (χ0v) is 15.0. The summed E-state index contributed by atoms with van der Waals surface area (Å²) in [4.78, 5) is 19.9. The molecule has 3 fully saturated rings. The molecule has 3 saturated heterocycles. The van der Waals surface area contributed by atoms with Crippen molar-refractivity contribution in [1.29, 1.82) is 0 Å². The predicted molar refractivity (Wildman–Crippen MR) is 98.8 cm³/mol. The second-order valence-corrected chi connectivity index (χ2v) is 7.46. The first-order chi connectivity index (χ1) is 12.3. The Labute approximate surface area is 150 Å². The normalized spacial score (nSPS) is 29.3. The molecule has 0 N–H and O–H groups in total. The van der Waals surface area contributed by atoms with Crippen molar-refractivity contribution >= 4 is 11.6 Å². The van der Waals surface area contributed by atoms with Gasteiger partial charge in [-0.1, -0.05) is 18.2 Å². The van der Waals surface area contributed by atoms with Crippen LogP contribution < -0.4 is 4.90 Å². The minimum atomic E-state index is 0.0545. The van der Waals surface area contributed by atoms with Crippen molar-refractivity contribution in [1.82, 2.24) is 9.80 Å². The number of amides is 1. The van der Waals surface area contributed by atoms with Crippen LogP contribution in [0.5, 0.6) is 0 Å². The molecule has 0 bridgehead atoms. The minimum absolute atomic E-state index is 0.0545. The van der Waals surface area contributed by atoms with Gasteiger partial charge in [-0.15, -0.1) is 0 Å². The van der Waals surface area contributed by atoms with Crippen LogP contribution in [0.3, 0.4) is 0 Å². The molecule has 0 unspecified atom stereocenters. The van der Waals surface area contributed by atoms with Crippen LogP contribution in [0.4, 0.5) is 5.69 Å². The molecular weight excluding hydrogens is 314 g/mol. The van der Waals surface area contributed by atoms with Gasteiger partial charge in [0.1, 0.15) is 0 Å². The Morgan fingerprint density at radius 2 is 1.76 bits per heavy atom. The second kappa shape index (κ2) is 7.85. The monoisotopic (exact) mass is 343 g/mol. The van der Waals surface area contributed by atoms with E-state index in [1.165, 1.54) is 12.8 Å². The number of piperidine rings is 1. The number of hydrogen-bond donors (Lipinski definition) is 0. The minimum Gasteiger partial charge on any atom is -0.377 e. The molecule has 5 nitrogen and oxygen atoms in total. The van der Waals surface area contributed by atoms with Crippen molar-refractivity contribution in [3.05, 3.63) is 30.3 Å². The Morgan fingerprint density at radius 1 is 0.960 bits per heavy atom. The van der Waals surface area contributed by atoms with E-state index < -0.39 is 0 Å². The van der Waals surface area contributed by atoms with Gasteiger partial charge in [-0.05, 0) is 37.8 Å². The summed E-state index contributed by atoms with van der Waals surface area (Å²) in [6.45, 7) is 6.92. The van der Waals surface area contributed by atoms with Gasteiger partial charge in [0.15, 0.2) is 0 Å². The third-order valence-corrected chi connectivity index (χ3v) is 5.81. The van der Waals surface area contributed by atoms with E-state index in [1.807, 2.05) is 35.2 Å². The highest BCUT2D eigenvalue weighted by Gasteiger charge is 2.35. The van der Waals surface area contributed by atoms with Gasteiger partial charge in [0.05, 0.1) is 12.1 Å². The van der Waals surface area contributed by atoms with Crippen molar-refractivity contribution in [2.75, 3.05) is 50.8 Å². The maximum atomic E-state index is 13.0. The van der Waals surface area contributed by atoms with E-state index in [1.54, 1.807) is 0 Å². The lowest BCUT2D eigenvalue weighted by Crippen LogP contribution is -2.58. The van der Waals surface area contributed by atoms with Gasteiger partial charge in [-0.2, -0.15) is 0 Å². The number of ether oxygens (including phenoxy) is 1. The number of nitrogens with zero attached hydrogens (tertiary/aromatic N) is 3. The molecule has 0 saturated carbocycles. The number of carbonyl (C=O) groups excluding carboxylic acids is 1. The molecule has 1 amide bonds. The SMILES string of the molecule is O=C1[C@H](N2CCN(C[C@H]3CCCO3)CC2)CCCN1c1ccccc1. The summed E-state index contributed by atoms with van der Waals surface area (Å²) >= 11 is 0. The molecule has 136 valence electrons. The molecule has 3 heterocycles.